The van der Waals surface area contributed by atoms with E-state index in [1.165, 1.54) is 5.56 Å². The maximum absolute atomic E-state index is 9.68. The zero-order chi connectivity index (χ0) is 14.9. The molecular weight excluding hydrogens is 264 g/mol. The monoisotopic (exact) mass is 290 g/mol. The van der Waals surface area contributed by atoms with Crippen LogP contribution < -0.4 is 0 Å². The fourth-order valence-electron chi connectivity index (χ4n) is 3.75. The third-order valence-electron chi connectivity index (χ3n) is 5.15. The van der Waals surface area contributed by atoms with Crippen LogP contribution in [-0.2, 0) is 9.47 Å². The highest BCUT2D eigenvalue weighted by Crippen LogP contribution is 2.45. The molecule has 0 bridgehead atoms. The van der Waals surface area contributed by atoms with Gasteiger partial charge in [-0.3, -0.25) is 0 Å². The van der Waals surface area contributed by atoms with Crippen LogP contribution in [0.1, 0.15) is 56.1 Å². The number of hydrogen-bond donors (Lipinski definition) is 1. The summed E-state index contributed by atoms with van der Waals surface area (Å²) in [7, 11) is 0. The van der Waals surface area contributed by atoms with E-state index in [0.717, 1.165) is 50.9 Å². The zero-order valence-electron chi connectivity index (χ0n) is 13.1. The van der Waals surface area contributed by atoms with Gasteiger partial charge in [-0.2, -0.15) is 0 Å². The molecule has 0 radical (unpaired) electrons. The van der Waals surface area contributed by atoms with E-state index in [1.54, 1.807) is 0 Å². The molecule has 21 heavy (non-hydrogen) atoms. The Morgan fingerprint density at radius 1 is 1.19 bits per heavy atom. The summed E-state index contributed by atoms with van der Waals surface area (Å²) < 4.78 is 12.2. The normalized spacial score (nSPS) is 29.2. The number of aromatic hydroxyl groups is 1. The van der Waals surface area contributed by atoms with Crippen molar-refractivity contribution in [1.82, 2.24) is 0 Å². The van der Waals surface area contributed by atoms with E-state index in [9.17, 15) is 5.11 Å². The largest absolute Gasteiger partial charge is 0.508 e. The minimum Gasteiger partial charge on any atom is -0.508 e. The molecule has 2 unspecified atom stereocenters. The number of benzene rings is 1. The van der Waals surface area contributed by atoms with Gasteiger partial charge < -0.3 is 14.6 Å². The minimum atomic E-state index is -0.348. The van der Waals surface area contributed by atoms with E-state index in [1.807, 2.05) is 13.0 Å². The third kappa shape index (κ3) is 2.95. The summed E-state index contributed by atoms with van der Waals surface area (Å²) in [6.07, 6.45) is 5.36. The quantitative estimate of drug-likeness (QED) is 0.845. The molecule has 1 heterocycles. The SMILES string of the molecule is Cc1cc(C2CCC3(OCCCCO3)C(C)C2)ccc1O. The number of phenols is 1. The first-order valence-electron chi connectivity index (χ1n) is 8.18. The van der Waals surface area contributed by atoms with Crippen molar-refractivity contribution in [2.75, 3.05) is 13.2 Å². The van der Waals surface area contributed by atoms with Crippen LogP contribution >= 0.6 is 0 Å². The average molecular weight is 290 g/mol. The number of hydrogen-bond acceptors (Lipinski definition) is 3. The van der Waals surface area contributed by atoms with Gasteiger partial charge in [0.15, 0.2) is 5.79 Å². The van der Waals surface area contributed by atoms with Gasteiger partial charge in [0, 0.05) is 12.3 Å². The zero-order valence-corrected chi connectivity index (χ0v) is 13.1. The molecule has 2 aliphatic rings. The maximum Gasteiger partial charge on any atom is 0.170 e. The number of rotatable bonds is 1. The fourth-order valence-corrected chi connectivity index (χ4v) is 3.75. The van der Waals surface area contributed by atoms with E-state index in [0.29, 0.717) is 17.6 Å². The number of aryl methyl sites for hydroxylation is 1. The lowest BCUT2D eigenvalue weighted by molar-refractivity contribution is -0.268. The summed E-state index contributed by atoms with van der Waals surface area (Å²) in [5.74, 6) is 0.984. The van der Waals surface area contributed by atoms with Crippen LogP contribution in [0, 0.1) is 12.8 Å². The van der Waals surface area contributed by atoms with Crippen LogP contribution in [0.15, 0.2) is 18.2 Å². The molecule has 1 saturated heterocycles. The molecule has 0 amide bonds. The van der Waals surface area contributed by atoms with Crippen molar-refractivity contribution in [3.8, 4) is 5.75 Å². The lowest BCUT2D eigenvalue weighted by atomic mass is 9.74. The summed E-state index contributed by atoms with van der Waals surface area (Å²) >= 11 is 0. The van der Waals surface area contributed by atoms with Crippen LogP contribution in [0.3, 0.4) is 0 Å². The molecule has 2 fully saturated rings. The second-order valence-corrected chi connectivity index (χ2v) is 6.63. The van der Waals surface area contributed by atoms with Crippen molar-refractivity contribution >= 4 is 0 Å². The Labute approximate surface area is 127 Å². The van der Waals surface area contributed by atoms with Gasteiger partial charge in [-0.05, 0) is 55.7 Å². The van der Waals surface area contributed by atoms with Crippen molar-refractivity contribution in [3.05, 3.63) is 29.3 Å². The maximum atomic E-state index is 9.68. The van der Waals surface area contributed by atoms with Crippen LogP contribution in [-0.4, -0.2) is 24.1 Å². The summed E-state index contributed by atoms with van der Waals surface area (Å²) in [4.78, 5) is 0. The first-order valence-corrected chi connectivity index (χ1v) is 8.18. The summed E-state index contributed by atoms with van der Waals surface area (Å²) in [6, 6.07) is 6.00. The second kappa shape index (κ2) is 5.98. The summed E-state index contributed by atoms with van der Waals surface area (Å²) in [5, 5.41) is 9.68. The summed E-state index contributed by atoms with van der Waals surface area (Å²) in [6.45, 7) is 5.87. The Morgan fingerprint density at radius 3 is 2.52 bits per heavy atom. The first-order chi connectivity index (χ1) is 10.1. The van der Waals surface area contributed by atoms with Crippen molar-refractivity contribution < 1.29 is 14.6 Å². The van der Waals surface area contributed by atoms with Gasteiger partial charge in [0.05, 0.1) is 13.2 Å². The van der Waals surface area contributed by atoms with Gasteiger partial charge in [-0.25, -0.2) is 0 Å². The molecule has 0 aromatic heterocycles. The molecule has 3 heteroatoms. The van der Waals surface area contributed by atoms with Crippen LogP contribution in [0.4, 0.5) is 0 Å². The number of ether oxygens (including phenoxy) is 2. The van der Waals surface area contributed by atoms with E-state index >= 15 is 0 Å². The highest BCUT2D eigenvalue weighted by Gasteiger charge is 2.44. The van der Waals surface area contributed by atoms with Gasteiger partial charge in [0.1, 0.15) is 5.75 Å². The molecule has 3 rings (SSSR count). The predicted molar refractivity (Wildman–Crippen MR) is 82.5 cm³/mol. The van der Waals surface area contributed by atoms with Crippen LogP contribution in [0.5, 0.6) is 5.75 Å². The molecule has 1 aromatic carbocycles. The van der Waals surface area contributed by atoms with Crippen LogP contribution in [0.2, 0.25) is 0 Å². The van der Waals surface area contributed by atoms with Gasteiger partial charge in [-0.15, -0.1) is 0 Å². The minimum absolute atomic E-state index is 0.348. The molecule has 1 aliphatic carbocycles. The Balaban J connectivity index is 1.73. The lowest BCUT2D eigenvalue weighted by Gasteiger charge is -2.44. The predicted octanol–water partition coefficient (Wildman–Crippen LogP) is 4.13. The third-order valence-corrected chi connectivity index (χ3v) is 5.15. The Kier molecular flexibility index (Phi) is 4.23. The van der Waals surface area contributed by atoms with Crippen molar-refractivity contribution in [3.63, 3.8) is 0 Å². The second-order valence-electron chi connectivity index (χ2n) is 6.63. The topological polar surface area (TPSA) is 38.7 Å². The molecule has 2 atom stereocenters. The highest BCUT2D eigenvalue weighted by molar-refractivity contribution is 5.36. The van der Waals surface area contributed by atoms with E-state index < -0.39 is 0 Å². The number of phenolic OH excluding ortho intramolecular Hbond substituents is 1. The Morgan fingerprint density at radius 2 is 1.90 bits per heavy atom. The van der Waals surface area contributed by atoms with Crippen molar-refractivity contribution in [2.24, 2.45) is 5.92 Å². The highest BCUT2D eigenvalue weighted by atomic mass is 16.7. The molecule has 1 spiro atoms. The Bertz CT molecular complexity index is 489. The van der Waals surface area contributed by atoms with Gasteiger partial charge in [0.2, 0.25) is 0 Å². The fraction of sp³-hybridized carbons (Fsp3) is 0.667. The molecular formula is C18H26O3. The molecule has 116 valence electrons. The van der Waals surface area contributed by atoms with E-state index in [4.69, 9.17) is 9.47 Å². The van der Waals surface area contributed by atoms with Gasteiger partial charge >= 0.3 is 0 Å². The molecule has 1 N–H and O–H groups in total. The smallest absolute Gasteiger partial charge is 0.170 e. The lowest BCUT2D eigenvalue weighted by Crippen LogP contribution is -2.45. The van der Waals surface area contributed by atoms with Crippen molar-refractivity contribution in [1.29, 1.82) is 0 Å². The van der Waals surface area contributed by atoms with Crippen molar-refractivity contribution in [2.45, 2.75) is 57.7 Å². The van der Waals surface area contributed by atoms with E-state index in [2.05, 4.69) is 19.1 Å². The standard InChI is InChI=1S/C18H26O3/c1-13-11-15(5-6-17(13)19)16-7-8-18(14(2)12-16)20-9-3-4-10-21-18/h5-6,11,14,16,19H,3-4,7-10,12H2,1-2H3. The molecule has 1 aliphatic heterocycles. The average Bonchev–Trinajstić information content (AvgIpc) is 2.72. The molecule has 1 saturated carbocycles. The van der Waals surface area contributed by atoms with Gasteiger partial charge in [0.25, 0.3) is 0 Å². The molecule has 3 nitrogen and oxygen atoms in total. The van der Waals surface area contributed by atoms with Gasteiger partial charge in [-0.1, -0.05) is 19.1 Å². The first kappa shape index (κ1) is 14.9. The van der Waals surface area contributed by atoms with Crippen LogP contribution in [0.25, 0.3) is 0 Å². The Hall–Kier alpha value is -1.06. The summed E-state index contributed by atoms with van der Waals surface area (Å²) in [5.41, 5.74) is 2.29. The van der Waals surface area contributed by atoms with E-state index in [-0.39, 0.29) is 5.79 Å². The molecule has 1 aromatic rings.